The van der Waals surface area contributed by atoms with E-state index in [1.807, 2.05) is 0 Å². The Balaban J connectivity index is 1.82. The van der Waals surface area contributed by atoms with Crippen LogP contribution in [0.2, 0.25) is 0 Å². The summed E-state index contributed by atoms with van der Waals surface area (Å²) >= 11 is 0. The average molecular weight is 498 g/mol. The molecule has 5 rings (SSSR count). The molecule has 0 aliphatic carbocycles. The number of nitrogens with zero attached hydrogens (tertiary/aromatic N) is 2. The fourth-order valence-corrected chi connectivity index (χ4v) is 5.65. The van der Waals surface area contributed by atoms with E-state index in [1.54, 1.807) is 71.6 Å². The van der Waals surface area contributed by atoms with E-state index in [-0.39, 0.29) is 5.78 Å². The van der Waals surface area contributed by atoms with Crippen molar-refractivity contribution in [1.29, 1.82) is 5.26 Å². The lowest BCUT2D eigenvalue weighted by molar-refractivity contribution is -0.125. The van der Waals surface area contributed by atoms with E-state index in [0.717, 1.165) is 0 Å². The number of fused-ring (bicyclic) bond motifs is 3. The smallest absolute Gasteiger partial charge is 0.241 e. The number of benzene rings is 3. The lowest BCUT2D eigenvalue weighted by Gasteiger charge is -2.36. The molecule has 0 unspecified atom stereocenters. The van der Waals surface area contributed by atoms with Gasteiger partial charge in [-0.05, 0) is 35.9 Å². The maximum atomic E-state index is 14.2. The Hall–Kier alpha value is -4.64. The second-order valence-corrected chi connectivity index (χ2v) is 9.03. The van der Waals surface area contributed by atoms with Gasteiger partial charge in [-0.3, -0.25) is 9.59 Å². The van der Waals surface area contributed by atoms with Crippen molar-refractivity contribution in [3.05, 3.63) is 95.3 Å². The highest BCUT2D eigenvalue weighted by molar-refractivity contribution is 6.06. The fourth-order valence-electron chi connectivity index (χ4n) is 5.65. The molecular weight excluding hydrogens is 473 g/mol. The van der Waals surface area contributed by atoms with Gasteiger partial charge >= 0.3 is 0 Å². The lowest BCUT2D eigenvalue weighted by Crippen LogP contribution is -2.49. The summed E-state index contributed by atoms with van der Waals surface area (Å²) in [5.74, 6) is -1.74. The highest BCUT2D eigenvalue weighted by Crippen LogP contribution is 2.56. The summed E-state index contributed by atoms with van der Waals surface area (Å²) in [7, 11) is 2.98. The molecule has 37 heavy (non-hydrogen) atoms. The molecular formula is C29H24FN3O4. The number of carbonyl (C=O) groups is 2. The van der Waals surface area contributed by atoms with Gasteiger partial charge in [-0.15, -0.1) is 0 Å². The maximum Gasteiger partial charge on any atom is 0.241 e. The van der Waals surface area contributed by atoms with Crippen molar-refractivity contribution in [3.8, 4) is 17.6 Å². The van der Waals surface area contributed by atoms with E-state index in [4.69, 9.17) is 15.2 Å². The van der Waals surface area contributed by atoms with Crippen molar-refractivity contribution in [2.24, 2.45) is 11.1 Å². The fraction of sp³-hybridized carbons (Fsp3) is 0.207. The van der Waals surface area contributed by atoms with E-state index >= 15 is 0 Å². The zero-order valence-electron chi connectivity index (χ0n) is 20.2. The molecule has 8 heteroatoms. The molecule has 2 aliphatic heterocycles. The van der Waals surface area contributed by atoms with Crippen LogP contribution < -0.4 is 20.1 Å². The van der Waals surface area contributed by atoms with Crippen LogP contribution in [0.15, 0.2) is 72.8 Å². The molecule has 0 spiro atoms. The minimum atomic E-state index is -1.82. The van der Waals surface area contributed by atoms with Crippen LogP contribution in [-0.4, -0.2) is 38.0 Å². The van der Waals surface area contributed by atoms with E-state index < -0.39 is 35.1 Å². The highest BCUT2D eigenvalue weighted by atomic mass is 19.1. The van der Waals surface area contributed by atoms with Crippen LogP contribution in [-0.2, 0) is 4.79 Å². The Morgan fingerprint density at radius 1 is 1.03 bits per heavy atom. The van der Waals surface area contributed by atoms with Gasteiger partial charge in [0.1, 0.15) is 11.9 Å². The number of rotatable bonds is 6. The first kappa shape index (κ1) is 24.1. The molecule has 0 radical (unpaired) electrons. The van der Waals surface area contributed by atoms with Crippen molar-refractivity contribution in [1.82, 2.24) is 0 Å². The Kier molecular flexibility index (Phi) is 5.92. The second kappa shape index (κ2) is 9.10. The van der Waals surface area contributed by atoms with Gasteiger partial charge in [0.25, 0.3) is 0 Å². The van der Waals surface area contributed by atoms with Crippen molar-refractivity contribution < 1.29 is 23.5 Å². The maximum absolute atomic E-state index is 14.2. The Labute approximate surface area is 213 Å². The van der Waals surface area contributed by atoms with E-state index in [9.17, 15) is 19.2 Å². The Bertz CT molecular complexity index is 1470. The number of primary amides is 1. The molecule has 2 N–H and O–H groups in total. The van der Waals surface area contributed by atoms with Gasteiger partial charge in [-0.1, -0.05) is 48.6 Å². The molecule has 4 atom stereocenters. The van der Waals surface area contributed by atoms with E-state index in [1.165, 1.54) is 26.4 Å². The monoisotopic (exact) mass is 497 g/mol. The molecule has 2 heterocycles. The summed E-state index contributed by atoms with van der Waals surface area (Å²) in [5.41, 5.74) is 6.17. The van der Waals surface area contributed by atoms with Gasteiger partial charge in [-0.25, -0.2) is 4.39 Å². The van der Waals surface area contributed by atoms with Gasteiger partial charge in [-0.2, -0.15) is 5.26 Å². The molecule has 0 saturated carbocycles. The zero-order chi connectivity index (χ0) is 26.3. The van der Waals surface area contributed by atoms with Crippen molar-refractivity contribution in [3.63, 3.8) is 0 Å². The first-order valence-electron chi connectivity index (χ1n) is 11.7. The second-order valence-electron chi connectivity index (χ2n) is 9.03. The largest absolute Gasteiger partial charge is 0.493 e. The molecule has 0 bridgehead atoms. The van der Waals surface area contributed by atoms with E-state index in [2.05, 4.69) is 6.07 Å². The molecule has 7 nitrogen and oxygen atoms in total. The molecule has 0 aromatic heterocycles. The summed E-state index contributed by atoms with van der Waals surface area (Å²) in [5, 5.41) is 10.6. The molecule has 186 valence electrons. The lowest BCUT2D eigenvalue weighted by atomic mass is 9.67. The third kappa shape index (κ3) is 3.54. The summed E-state index contributed by atoms with van der Waals surface area (Å²) in [6.45, 7) is 0. The topological polar surface area (TPSA) is 106 Å². The number of ketones is 1. The molecule has 3 aromatic rings. The van der Waals surface area contributed by atoms with Crippen LogP contribution in [0.4, 0.5) is 10.1 Å². The Morgan fingerprint density at radius 2 is 1.76 bits per heavy atom. The normalized spacial score (nSPS) is 23.5. The van der Waals surface area contributed by atoms with Gasteiger partial charge in [0.2, 0.25) is 5.91 Å². The van der Waals surface area contributed by atoms with Crippen LogP contribution in [0.5, 0.6) is 11.5 Å². The van der Waals surface area contributed by atoms with Crippen LogP contribution >= 0.6 is 0 Å². The number of hydrogen-bond donors (Lipinski definition) is 1. The summed E-state index contributed by atoms with van der Waals surface area (Å²) in [6, 6.07) is 18.2. The average Bonchev–Trinajstić information content (AvgIpc) is 3.24. The van der Waals surface area contributed by atoms with Crippen LogP contribution in [0.25, 0.3) is 6.08 Å². The number of amides is 1. The minimum absolute atomic E-state index is 0.297. The number of carbonyl (C=O) groups excluding carboxylic acids is 2. The number of anilines is 1. The van der Waals surface area contributed by atoms with Gasteiger partial charge < -0.3 is 20.1 Å². The van der Waals surface area contributed by atoms with Gasteiger partial charge in [0, 0.05) is 22.7 Å². The van der Waals surface area contributed by atoms with Gasteiger partial charge in [0.05, 0.1) is 26.3 Å². The standard InChI is InChI=1S/C29H24FN3O4/c1-36-22-12-8-19(15-23(22)37-2)25-26(27(34)17-6-4-3-5-7-17)33-21-11-10-20(30)14-18(21)9-13-24(33)29(25,16-31)28(32)35/h3-15,24-26H,1-2H3,(H2,32,35)/t24-,25+,26+,29-/m1/s1. The number of Topliss-reactive ketones (excluding diaryl/α,β-unsaturated/α-hetero) is 1. The third-order valence-electron chi connectivity index (χ3n) is 7.28. The molecule has 1 saturated heterocycles. The van der Waals surface area contributed by atoms with Gasteiger partial charge in [0.15, 0.2) is 22.7 Å². The van der Waals surface area contributed by atoms with Crippen LogP contribution in [0, 0.1) is 22.6 Å². The highest BCUT2D eigenvalue weighted by Gasteiger charge is 2.65. The molecule has 3 aromatic carbocycles. The minimum Gasteiger partial charge on any atom is -0.493 e. The van der Waals surface area contributed by atoms with Crippen molar-refractivity contribution in [2.75, 3.05) is 19.1 Å². The number of hydrogen-bond acceptors (Lipinski definition) is 6. The molecule has 1 fully saturated rings. The number of ether oxygens (including phenoxy) is 2. The first-order valence-corrected chi connectivity index (χ1v) is 11.7. The number of methoxy groups -OCH3 is 2. The van der Waals surface area contributed by atoms with Crippen LogP contribution in [0.3, 0.4) is 0 Å². The zero-order valence-corrected chi connectivity index (χ0v) is 20.2. The SMILES string of the molecule is COc1ccc([C@H]2[C@@H](C(=O)c3ccccc3)N3c4ccc(F)cc4C=C[C@@H]3[C@@]2(C#N)C(N)=O)cc1OC. The summed E-state index contributed by atoms with van der Waals surface area (Å²) < 4.78 is 25.0. The predicted molar refractivity (Wildman–Crippen MR) is 136 cm³/mol. The molecule has 1 amide bonds. The van der Waals surface area contributed by atoms with Crippen molar-refractivity contribution in [2.45, 2.75) is 18.0 Å². The summed E-state index contributed by atoms with van der Waals surface area (Å²) in [6.07, 6.45) is 3.32. The van der Waals surface area contributed by atoms with E-state index in [0.29, 0.717) is 33.9 Å². The predicted octanol–water partition coefficient (Wildman–Crippen LogP) is 4.09. The van der Waals surface area contributed by atoms with Crippen molar-refractivity contribution >= 4 is 23.5 Å². The number of halogens is 1. The third-order valence-corrected chi connectivity index (χ3v) is 7.28. The quantitative estimate of drug-likeness (QED) is 0.515. The Morgan fingerprint density at radius 3 is 2.41 bits per heavy atom. The first-order chi connectivity index (χ1) is 17.9. The number of nitrogens with two attached hydrogens (primary N) is 1. The molecule has 2 aliphatic rings. The van der Waals surface area contributed by atoms with Crippen LogP contribution in [0.1, 0.15) is 27.4 Å². The summed E-state index contributed by atoms with van der Waals surface area (Å²) in [4.78, 5) is 29.2. The number of nitriles is 1.